The zero-order valence-corrected chi connectivity index (χ0v) is 22.0. The minimum atomic E-state index is -2.98. The molecule has 0 aliphatic carbocycles. The third-order valence-electron chi connectivity index (χ3n) is 4.49. The summed E-state index contributed by atoms with van der Waals surface area (Å²) in [6.07, 6.45) is 1.44. The highest BCUT2D eigenvalue weighted by atomic mass is 127. The standard InChI is InChI=1S/C19H34N4O4S2.HI/c1-4-20-19(21-7-9-26-11-13-29(3,24)25)22-14-17(18-6-5-12-28-18)23-8-10-27-16(2)15-23;/h5-6,12,16-17H,4,7-11,13-15H2,1-3H3,(H2,20,21,22);1H. The Kier molecular flexibility index (Phi) is 13.4. The fraction of sp³-hybridized carbons (Fsp3) is 0.737. The van der Waals surface area contributed by atoms with Gasteiger partial charge in [0.1, 0.15) is 9.84 Å². The molecule has 8 nitrogen and oxygen atoms in total. The summed E-state index contributed by atoms with van der Waals surface area (Å²) in [5, 5.41) is 8.62. The third kappa shape index (κ3) is 10.7. The Morgan fingerprint density at radius 2 is 2.23 bits per heavy atom. The van der Waals surface area contributed by atoms with Gasteiger partial charge in [-0.3, -0.25) is 9.89 Å². The number of nitrogens with one attached hydrogen (secondary N) is 2. The molecular weight excluding hydrogens is 539 g/mol. The Morgan fingerprint density at radius 3 is 2.87 bits per heavy atom. The second-order valence-electron chi connectivity index (χ2n) is 7.10. The van der Waals surface area contributed by atoms with Crippen molar-refractivity contribution in [2.24, 2.45) is 4.99 Å². The molecule has 0 bridgehead atoms. The summed E-state index contributed by atoms with van der Waals surface area (Å²) in [7, 11) is -2.98. The van der Waals surface area contributed by atoms with Crippen LogP contribution in [0.2, 0.25) is 0 Å². The van der Waals surface area contributed by atoms with Gasteiger partial charge < -0.3 is 20.1 Å². The molecule has 1 fully saturated rings. The van der Waals surface area contributed by atoms with E-state index in [1.807, 2.05) is 6.92 Å². The lowest BCUT2D eigenvalue weighted by Gasteiger charge is -2.36. The van der Waals surface area contributed by atoms with Crippen molar-refractivity contribution in [3.63, 3.8) is 0 Å². The van der Waals surface area contributed by atoms with Gasteiger partial charge in [0.25, 0.3) is 0 Å². The van der Waals surface area contributed by atoms with E-state index >= 15 is 0 Å². The highest BCUT2D eigenvalue weighted by molar-refractivity contribution is 14.0. The van der Waals surface area contributed by atoms with Crippen molar-refractivity contribution in [1.29, 1.82) is 0 Å². The molecule has 1 aliphatic rings. The van der Waals surface area contributed by atoms with Crippen molar-refractivity contribution in [3.05, 3.63) is 22.4 Å². The molecule has 2 unspecified atom stereocenters. The predicted molar refractivity (Wildman–Crippen MR) is 134 cm³/mol. The maximum atomic E-state index is 11.1. The van der Waals surface area contributed by atoms with E-state index in [-0.39, 0.29) is 48.5 Å². The van der Waals surface area contributed by atoms with Crippen molar-refractivity contribution in [2.75, 3.05) is 64.6 Å². The molecule has 0 amide bonds. The second-order valence-corrected chi connectivity index (χ2v) is 10.3. The van der Waals surface area contributed by atoms with E-state index in [0.717, 1.165) is 32.2 Å². The van der Waals surface area contributed by atoms with Crippen molar-refractivity contribution >= 4 is 51.1 Å². The number of thiophene rings is 1. The Labute approximate surface area is 201 Å². The van der Waals surface area contributed by atoms with E-state index in [1.165, 1.54) is 11.1 Å². The average Bonchev–Trinajstić information content (AvgIpc) is 3.18. The number of halogens is 1. The number of hydrogen-bond donors (Lipinski definition) is 2. The fourth-order valence-corrected chi connectivity index (χ4v) is 4.34. The first kappa shape index (κ1) is 27.6. The van der Waals surface area contributed by atoms with Crippen LogP contribution >= 0.6 is 35.3 Å². The van der Waals surface area contributed by atoms with Gasteiger partial charge in [-0.2, -0.15) is 0 Å². The van der Waals surface area contributed by atoms with Gasteiger partial charge in [-0.1, -0.05) is 6.07 Å². The normalized spacial score (nSPS) is 19.2. The molecule has 30 heavy (non-hydrogen) atoms. The van der Waals surface area contributed by atoms with Gasteiger partial charge in [0.15, 0.2) is 5.96 Å². The second kappa shape index (κ2) is 14.6. The van der Waals surface area contributed by atoms with Gasteiger partial charge in [-0.05, 0) is 25.3 Å². The fourth-order valence-electron chi connectivity index (χ4n) is 3.07. The van der Waals surface area contributed by atoms with E-state index in [9.17, 15) is 8.42 Å². The molecule has 2 rings (SSSR count). The molecule has 1 aliphatic heterocycles. The molecule has 0 saturated carbocycles. The number of sulfone groups is 1. The molecule has 1 saturated heterocycles. The summed E-state index contributed by atoms with van der Waals surface area (Å²) in [5.74, 6) is 0.781. The summed E-state index contributed by atoms with van der Waals surface area (Å²) in [6.45, 7) is 9.30. The van der Waals surface area contributed by atoms with Crippen LogP contribution < -0.4 is 10.6 Å². The van der Waals surface area contributed by atoms with Gasteiger partial charge in [-0.15, -0.1) is 35.3 Å². The van der Waals surface area contributed by atoms with Crippen molar-refractivity contribution in [2.45, 2.75) is 26.0 Å². The Hall–Kier alpha value is -0.470. The van der Waals surface area contributed by atoms with Crippen molar-refractivity contribution < 1.29 is 17.9 Å². The first-order valence-corrected chi connectivity index (χ1v) is 13.0. The molecule has 1 aromatic heterocycles. The number of ether oxygens (including phenoxy) is 2. The number of nitrogens with zero attached hydrogens (tertiary/aromatic N) is 2. The molecule has 2 heterocycles. The first-order valence-electron chi connectivity index (χ1n) is 10.1. The summed E-state index contributed by atoms with van der Waals surface area (Å²) in [6, 6.07) is 4.47. The van der Waals surface area contributed by atoms with E-state index < -0.39 is 9.84 Å². The zero-order chi connectivity index (χ0) is 21.1. The Morgan fingerprint density at radius 1 is 1.43 bits per heavy atom. The highest BCUT2D eigenvalue weighted by Gasteiger charge is 2.26. The van der Waals surface area contributed by atoms with Gasteiger partial charge in [-0.25, -0.2) is 8.42 Å². The van der Waals surface area contributed by atoms with Gasteiger partial charge in [0, 0.05) is 37.3 Å². The van der Waals surface area contributed by atoms with Gasteiger partial charge >= 0.3 is 0 Å². The van der Waals surface area contributed by atoms with Crippen LogP contribution in [0.4, 0.5) is 0 Å². The van der Waals surface area contributed by atoms with Crippen LogP contribution in [-0.2, 0) is 19.3 Å². The molecule has 1 aromatic rings. The lowest BCUT2D eigenvalue weighted by atomic mass is 10.1. The molecule has 0 radical (unpaired) electrons. The third-order valence-corrected chi connectivity index (χ3v) is 6.37. The van der Waals surface area contributed by atoms with Crippen LogP contribution in [0.3, 0.4) is 0 Å². The lowest BCUT2D eigenvalue weighted by Crippen LogP contribution is -2.44. The van der Waals surface area contributed by atoms with Crippen LogP contribution in [0.5, 0.6) is 0 Å². The number of guanidine groups is 1. The number of morpholine rings is 1. The van der Waals surface area contributed by atoms with E-state index in [1.54, 1.807) is 11.3 Å². The largest absolute Gasteiger partial charge is 0.379 e. The quantitative estimate of drug-likeness (QED) is 0.180. The molecule has 0 spiro atoms. The maximum Gasteiger partial charge on any atom is 0.191 e. The molecule has 2 N–H and O–H groups in total. The number of aliphatic imine (C=N–C) groups is 1. The molecular formula is C19H35IN4O4S2. The topological polar surface area (TPSA) is 92.3 Å². The van der Waals surface area contributed by atoms with E-state index in [2.05, 4.69) is 40.0 Å². The van der Waals surface area contributed by atoms with Crippen LogP contribution in [-0.4, -0.2) is 89.9 Å². The molecule has 0 aromatic carbocycles. The number of rotatable bonds is 11. The average molecular weight is 575 g/mol. The van der Waals surface area contributed by atoms with Crippen molar-refractivity contribution in [3.8, 4) is 0 Å². The summed E-state index contributed by atoms with van der Waals surface area (Å²) in [4.78, 5) is 8.55. The van der Waals surface area contributed by atoms with Gasteiger partial charge in [0.05, 0.1) is 44.3 Å². The summed E-state index contributed by atoms with van der Waals surface area (Å²) < 4.78 is 33.3. The minimum Gasteiger partial charge on any atom is -0.379 e. The zero-order valence-electron chi connectivity index (χ0n) is 18.0. The predicted octanol–water partition coefficient (Wildman–Crippen LogP) is 1.74. The minimum absolute atomic E-state index is 0. The molecule has 2 atom stereocenters. The Balaban J connectivity index is 0.00000450. The maximum absolute atomic E-state index is 11.1. The van der Waals surface area contributed by atoms with Crippen LogP contribution in [0.25, 0.3) is 0 Å². The first-order chi connectivity index (χ1) is 13.9. The van der Waals surface area contributed by atoms with E-state index in [0.29, 0.717) is 19.7 Å². The number of hydrogen-bond acceptors (Lipinski definition) is 7. The SMILES string of the molecule is CCNC(=NCC(c1cccs1)N1CCOC(C)C1)NCCOCCS(C)(=O)=O.I. The van der Waals surface area contributed by atoms with Crippen LogP contribution in [0.1, 0.15) is 24.8 Å². The Bertz CT molecular complexity index is 716. The molecule has 174 valence electrons. The van der Waals surface area contributed by atoms with Crippen LogP contribution in [0.15, 0.2) is 22.5 Å². The lowest BCUT2D eigenvalue weighted by molar-refractivity contribution is -0.0327. The van der Waals surface area contributed by atoms with E-state index in [4.69, 9.17) is 14.5 Å². The van der Waals surface area contributed by atoms with Crippen molar-refractivity contribution in [1.82, 2.24) is 15.5 Å². The smallest absolute Gasteiger partial charge is 0.191 e. The highest BCUT2D eigenvalue weighted by Crippen LogP contribution is 2.27. The monoisotopic (exact) mass is 574 g/mol. The van der Waals surface area contributed by atoms with Gasteiger partial charge in [0.2, 0.25) is 0 Å². The van der Waals surface area contributed by atoms with Crippen LogP contribution in [0, 0.1) is 0 Å². The summed E-state index contributed by atoms with van der Waals surface area (Å²) >= 11 is 1.76. The molecule has 11 heteroatoms. The summed E-state index contributed by atoms with van der Waals surface area (Å²) in [5.41, 5.74) is 0.